The van der Waals surface area contributed by atoms with Crippen molar-refractivity contribution < 1.29 is 9.90 Å². The predicted octanol–water partition coefficient (Wildman–Crippen LogP) is 2.65. The molecule has 0 saturated carbocycles. The lowest BCUT2D eigenvalue weighted by Crippen LogP contribution is -2.06. The number of phenols is 1. The van der Waals surface area contributed by atoms with Crippen molar-refractivity contribution in [3.63, 3.8) is 0 Å². The van der Waals surface area contributed by atoms with E-state index in [1.807, 2.05) is 6.07 Å². The molecule has 138 valence electrons. The molecular formula is C18H13N7O2S. The highest BCUT2D eigenvalue weighted by Crippen LogP contribution is 2.27. The van der Waals surface area contributed by atoms with Crippen LogP contribution in [0.5, 0.6) is 5.75 Å². The monoisotopic (exact) mass is 391 g/mol. The average molecular weight is 391 g/mol. The highest BCUT2D eigenvalue weighted by molar-refractivity contribution is 7.19. The quantitative estimate of drug-likeness (QED) is 0.442. The SMILES string of the molecule is O=C(CCc1nnc2sc(-c3ccc(O)cc3)nn12)c1nc2ncccc2[nH]1. The summed E-state index contributed by atoms with van der Waals surface area (Å²) in [5.41, 5.74) is 2.13. The fourth-order valence-corrected chi connectivity index (χ4v) is 3.72. The number of imidazole rings is 1. The molecule has 1 aromatic carbocycles. The molecule has 0 amide bonds. The predicted molar refractivity (Wildman–Crippen MR) is 102 cm³/mol. The Balaban J connectivity index is 1.36. The second kappa shape index (κ2) is 6.50. The van der Waals surface area contributed by atoms with Crippen molar-refractivity contribution in [3.8, 4) is 16.3 Å². The van der Waals surface area contributed by atoms with Gasteiger partial charge in [-0.25, -0.2) is 9.97 Å². The lowest BCUT2D eigenvalue weighted by atomic mass is 10.2. The molecule has 0 saturated heterocycles. The van der Waals surface area contributed by atoms with Gasteiger partial charge in [-0.1, -0.05) is 11.3 Å². The summed E-state index contributed by atoms with van der Waals surface area (Å²) in [6.45, 7) is 0. The number of benzene rings is 1. The number of carbonyl (C=O) groups excluding carboxylic acids is 1. The number of aromatic amines is 1. The van der Waals surface area contributed by atoms with Crippen molar-refractivity contribution in [3.05, 3.63) is 54.2 Å². The highest BCUT2D eigenvalue weighted by atomic mass is 32.1. The minimum Gasteiger partial charge on any atom is -0.508 e. The first-order chi connectivity index (χ1) is 13.7. The number of ketones is 1. The number of pyridine rings is 1. The van der Waals surface area contributed by atoms with Crippen LogP contribution in [0.4, 0.5) is 0 Å². The number of nitrogens with zero attached hydrogens (tertiary/aromatic N) is 6. The van der Waals surface area contributed by atoms with Crippen molar-refractivity contribution in [1.82, 2.24) is 34.8 Å². The van der Waals surface area contributed by atoms with Crippen LogP contribution < -0.4 is 0 Å². The van der Waals surface area contributed by atoms with Crippen molar-refractivity contribution in [2.45, 2.75) is 12.8 Å². The Bertz CT molecular complexity index is 1270. The van der Waals surface area contributed by atoms with Crippen molar-refractivity contribution >= 4 is 33.2 Å². The molecule has 28 heavy (non-hydrogen) atoms. The number of Topliss-reactive ketones (excluding diaryl/α,β-unsaturated/α-hetero) is 1. The van der Waals surface area contributed by atoms with Gasteiger partial charge in [0, 0.05) is 24.6 Å². The maximum atomic E-state index is 12.5. The van der Waals surface area contributed by atoms with Gasteiger partial charge in [-0.2, -0.15) is 9.61 Å². The summed E-state index contributed by atoms with van der Waals surface area (Å²) in [4.78, 5) is 24.5. The van der Waals surface area contributed by atoms with E-state index in [0.717, 1.165) is 16.1 Å². The molecule has 0 unspecified atom stereocenters. The number of H-pyrrole nitrogens is 1. The Morgan fingerprint density at radius 1 is 1.18 bits per heavy atom. The summed E-state index contributed by atoms with van der Waals surface area (Å²) in [5.74, 6) is 0.979. The average Bonchev–Trinajstić information content (AvgIpc) is 3.40. The second-order valence-corrected chi connectivity index (χ2v) is 7.10. The second-order valence-electron chi connectivity index (χ2n) is 6.15. The molecule has 10 heteroatoms. The largest absolute Gasteiger partial charge is 0.508 e. The van der Waals surface area contributed by atoms with Crippen LogP contribution in [0.3, 0.4) is 0 Å². The maximum absolute atomic E-state index is 12.5. The zero-order valence-electron chi connectivity index (χ0n) is 14.4. The fourth-order valence-electron chi connectivity index (χ4n) is 2.85. The Kier molecular flexibility index (Phi) is 3.83. The molecule has 0 atom stereocenters. The molecule has 0 bridgehead atoms. The zero-order chi connectivity index (χ0) is 19.1. The number of carbonyl (C=O) groups is 1. The third-order valence-corrected chi connectivity index (χ3v) is 5.21. The number of aryl methyl sites for hydroxylation is 1. The minimum atomic E-state index is -0.122. The Morgan fingerprint density at radius 2 is 2.04 bits per heavy atom. The third kappa shape index (κ3) is 2.89. The van der Waals surface area contributed by atoms with Crippen LogP contribution >= 0.6 is 11.3 Å². The van der Waals surface area contributed by atoms with Gasteiger partial charge in [0.2, 0.25) is 4.96 Å². The van der Waals surface area contributed by atoms with E-state index in [1.165, 1.54) is 11.3 Å². The van der Waals surface area contributed by atoms with Crippen molar-refractivity contribution in [2.75, 3.05) is 0 Å². The van der Waals surface area contributed by atoms with Gasteiger partial charge in [0.05, 0.1) is 5.52 Å². The number of rotatable bonds is 5. The summed E-state index contributed by atoms with van der Waals surface area (Å²) < 4.78 is 1.65. The number of hydrogen-bond donors (Lipinski definition) is 2. The molecule has 0 fully saturated rings. The summed E-state index contributed by atoms with van der Waals surface area (Å²) in [6.07, 6.45) is 2.26. The number of aromatic hydroxyl groups is 1. The van der Waals surface area contributed by atoms with E-state index >= 15 is 0 Å². The zero-order valence-corrected chi connectivity index (χ0v) is 15.2. The van der Waals surface area contributed by atoms with Crippen LogP contribution in [0.1, 0.15) is 22.9 Å². The molecule has 5 rings (SSSR count). The van der Waals surface area contributed by atoms with Gasteiger partial charge >= 0.3 is 0 Å². The first kappa shape index (κ1) is 16.5. The van der Waals surface area contributed by atoms with Gasteiger partial charge < -0.3 is 10.1 Å². The molecule has 5 aromatic rings. The van der Waals surface area contributed by atoms with Gasteiger partial charge in [0.25, 0.3) is 0 Å². The van der Waals surface area contributed by atoms with Gasteiger partial charge in [0.1, 0.15) is 10.8 Å². The summed E-state index contributed by atoms with van der Waals surface area (Å²) in [7, 11) is 0. The van der Waals surface area contributed by atoms with Crippen LogP contribution in [-0.4, -0.2) is 45.7 Å². The van der Waals surface area contributed by atoms with E-state index in [0.29, 0.717) is 22.9 Å². The topological polar surface area (TPSA) is 122 Å². The molecule has 9 nitrogen and oxygen atoms in total. The van der Waals surface area contributed by atoms with E-state index in [9.17, 15) is 9.90 Å². The summed E-state index contributed by atoms with van der Waals surface area (Å²) in [5, 5.41) is 23.0. The molecule has 2 N–H and O–H groups in total. The maximum Gasteiger partial charge on any atom is 0.234 e. The Morgan fingerprint density at radius 3 is 2.86 bits per heavy atom. The lowest BCUT2D eigenvalue weighted by molar-refractivity contribution is 0.0973. The molecule has 4 heterocycles. The number of fused-ring (bicyclic) bond motifs is 2. The number of hydrogen-bond acceptors (Lipinski definition) is 8. The Labute approximate surface area is 161 Å². The van der Waals surface area contributed by atoms with E-state index in [4.69, 9.17) is 0 Å². The summed E-state index contributed by atoms with van der Waals surface area (Å²) in [6, 6.07) is 10.4. The Hall–Kier alpha value is -3.66. The first-order valence-electron chi connectivity index (χ1n) is 8.52. The van der Waals surface area contributed by atoms with Gasteiger partial charge in [0.15, 0.2) is 23.1 Å². The lowest BCUT2D eigenvalue weighted by Gasteiger charge is -1.97. The van der Waals surface area contributed by atoms with Crippen LogP contribution in [0, 0.1) is 0 Å². The molecule has 4 aromatic heterocycles. The van der Waals surface area contributed by atoms with Crippen LogP contribution in [-0.2, 0) is 6.42 Å². The molecule has 0 aliphatic carbocycles. The number of nitrogens with one attached hydrogen (secondary N) is 1. The van der Waals surface area contributed by atoms with E-state index in [-0.39, 0.29) is 23.8 Å². The van der Waals surface area contributed by atoms with Crippen LogP contribution in [0.15, 0.2) is 42.6 Å². The van der Waals surface area contributed by atoms with E-state index in [1.54, 1.807) is 41.0 Å². The molecule has 0 aliphatic heterocycles. The van der Waals surface area contributed by atoms with Gasteiger partial charge in [-0.05, 0) is 36.4 Å². The molecule has 0 spiro atoms. The van der Waals surface area contributed by atoms with Crippen LogP contribution in [0.25, 0.3) is 26.7 Å². The number of aromatic nitrogens is 7. The molecule has 0 aliphatic rings. The first-order valence-corrected chi connectivity index (χ1v) is 9.33. The van der Waals surface area contributed by atoms with E-state index in [2.05, 4.69) is 30.2 Å². The van der Waals surface area contributed by atoms with Crippen molar-refractivity contribution in [2.24, 2.45) is 0 Å². The smallest absolute Gasteiger partial charge is 0.234 e. The normalized spacial score (nSPS) is 11.4. The van der Waals surface area contributed by atoms with Gasteiger partial charge in [-0.15, -0.1) is 10.2 Å². The molecular weight excluding hydrogens is 378 g/mol. The van der Waals surface area contributed by atoms with Gasteiger partial charge in [-0.3, -0.25) is 4.79 Å². The summed E-state index contributed by atoms with van der Waals surface area (Å²) >= 11 is 1.40. The van der Waals surface area contributed by atoms with Crippen LogP contribution in [0.2, 0.25) is 0 Å². The molecule has 0 radical (unpaired) electrons. The van der Waals surface area contributed by atoms with E-state index < -0.39 is 0 Å². The highest BCUT2D eigenvalue weighted by Gasteiger charge is 2.17. The number of phenolic OH excluding ortho intramolecular Hbond substituents is 1. The fraction of sp³-hybridized carbons (Fsp3) is 0.111. The minimum absolute atomic E-state index is 0.122. The third-order valence-electron chi connectivity index (χ3n) is 4.27. The van der Waals surface area contributed by atoms with Crippen molar-refractivity contribution in [1.29, 1.82) is 0 Å². The standard InChI is InChI=1S/C18H13N7O2S/c26-11-5-3-10(4-6-11)17-24-25-14(22-23-18(25)28-17)8-7-13(27)16-20-12-2-1-9-19-15(12)21-16/h1-6,9,26H,7-8H2,(H,19,20,21).